The second kappa shape index (κ2) is 6.37. The predicted octanol–water partition coefficient (Wildman–Crippen LogP) is 5.24. The Morgan fingerprint density at radius 3 is 2.04 bits per heavy atom. The Morgan fingerprint density at radius 1 is 0.913 bits per heavy atom. The Morgan fingerprint density at radius 2 is 1.52 bits per heavy atom. The number of benzene rings is 2. The van der Waals surface area contributed by atoms with E-state index in [4.69, 9.17) is 0 Å². The fourth-order valence-corrected chi connectivity index (χ4v) is 2.46. The molecule has 0 saturated heterocycles. The van der Waals surface area contributed by atoms with E-state index in [2.05, 4.69) is 59.0 Å². The van der Waals surface area contributed by atoms with Crippen LogP contribution in [0.2, 0.25) is 0 Å². The van der Waals surface area contributed by atoms with Crippen LogP contribution in [0.5, 0.6) is 5.75 Å². The maximum absolute atomic E-state index is 10.8. The number of nitrogens with one attached hydrogen (secondary N) is 1. The van der Waals surface area contributed by atoms with Gasteiger partial charge in [-0.2, -0.15) is 0 Å². The highest BCUT2D eigenvalue weighted by molar-refractivity contribution is 5.73. The second-order valence-electron chi connectivity index (χ2n) is 8.25. The third-order valence-corrected chi connectivity index (χ3v) is 3.95. The molecule has 0 fully saturated rings. The lowest BCUT2D eigenvalue weighted by molar-refractivity contribution is 0.411. The van der Waals surface area contributed by atoms with Crippen molar-refractivity contribution in [1.82, 2.24) is 5.32 Å². The largest absolute Gasteiger partial charge is 0.507 e. The number of hydrogen-bond acceptors (Lipinski definition) is 2. The topological polar surface area (TPSA) is 32.3 Å². The van der Waals surface area contributed by atoms with Crippen molar-refractivity contribution >= 4 is 0 Å². The van der Waals surface area contributed by atoms with Gasteiger partial charge in [-0.1, -0.05) is 57.2 Å². The van der Waals surface area contributed by atoms with Crippen LogP contribution in [0.1, 0.15) is 52.7 Å². The summed E-state index contributed by atoms with van der Waals surface area (Å²) in [7, 11) is 0. The normalized spacial score (nSPS) is 12.4. The van der Waals surface area contributed by atoms with Crippen LogP contribution in [-0.2, 0) is 12.0 Å². The molecule has 0 bridgehead atoms. The van der Waals surface area contributed by atoms with Crippen molar-refractivity contribution in [1.29, 1.82) is 0 Å². The molecule has 0 heterocycles. The van der Waals surface area contributed by atoms with Crippen LogP contribution >= 0.6 is 0 Å². The Hall–Kier alpha value is -1.80. The van der Waals surface area contributed by atoms with Gasteiger partial charge in [-0.15, -0.1) is 0 Å². The number of aromatic hydroxyl groups is 1. The zero-order valence-corrected chi connectivity index (χ0v) is 15.2. The predicted molar refractivity (Wildman–Crippen MR) is 98.8 cm³/mol. The summed E-state index contributed by atoms with van der Waals surface area (Å²) in [5, 5.41) is 14.3. The molecule has 0 amide bonds. The molecule has 2 aromatic rings. The number of hydrogen-bond donors (Lipinski definition) is 2. The third-order valence-electron chi connectivity index (χ3n) is 3.95. The first-order valence-corrected chi connectivity index (χ1v) is 8.25. The summed E-state index contributed by atoms with van der Waals surface area (Å²) in [6.07, 6.45) is 0. The van der Waals surface area contributed by atoms with Gasteiger partial charge in [0, 0.05) is 23.2 Å². The van der Waals surface area contributed by atoms with Gasteiger partial charge in [0.25, 0.3) is 0 Å². The van der Waals surface area contributed by atoms with Gasteiger partial charge in [-0.3, -0.25) is 0 Å². The Bertz CT molecular complexity index is 661. The van der Waals surface area contributed by atoms with Gasteiger partial charge in [-0.25, -0.2) is 0 Å². The average molecular weight is 311 g/mol. The summed E-state index contributed by atoms with van der Waals surface area (Å²) in [5.41, 5.74) is 4.19. The maximum atomic E-state index is 10.8. The molecule has 2 heteroatoms. The molecule has 2 N–H and O–H groups in total. The zero-order valence-electron chi connectivity index (χ0n) is 15.2. The molecule has 0 aliphatic carbocycles. The van der Waals surface area contributed by atoms with Crippen molar-refractivity contribution in [2.24, 2.45) is 0 Å². The van der Waals surface area contributed by atoms with Gasteiger partial charge in [0.1, 0.15) is 5.75 Å². The van der Waals surface area contributed by atoms with Crippen molar-refractivity contribution in [3.05, 3.63) is 53.6 Å². The molecule has 0 unspecified atom stereocenters. The molecule has 23 heavy (non-hydrogen) atoms. The summed E-state index contributed by atoms with van der Waals surface area (Å²) in [6.45, 7) is 13.7. The lowest BCUT2D eigenvalue weighted by Gasteiger charge is -2.25. The lowest BCUT2D eigenvalue weighted by Crippen LogP contribution is -2.35. The molecule has 0 radical (unpaired) electrons. The zero-order chi connectivity index (χ0) is 17.3. The SMILES string of the molecule is CC(C)(C)NCc1cc(C(C)(C)C)cc(-c2ccccc2)c1O. The molecule has 0 saturated carbocycles. The molecule has 2 aromatic carbocycles. The first-order valence-electron chi connectivity index (χ1n) is 8.25. The van der Waals surface area contributed by atoms with E-state index in [9.17, 15) is 5.11 Å². The first kappa shape index (κ1) is 17.6. The fraction of sp³-hybridized carbons (Fsp3) is 0.429. The van der Waals surface area contributed by atoms with Crippen molar-refractivity contribution < 1.29 is 5.11 Å². The Kier molecular flexibility index (Phi) is 4.86. The van der Waals surface area contributed by atoms with E-state index in [-0.39, 0.29) is 11.0 Å². The van der Waals surface area contributed by atoms with Crippen LogP contribution in [0.15, 0.2) is 42.5 Å². The van der Waals surface area contributed by atoms with Gasteiger partial charge in [0.15, 0.2) is 0 Å². The molecule has 0 aliphatic heterocycles. The molecule has 0 atom stereocenters. The molecule has 124 valence electrons. The molecule has 0 aromatic heterocycles. The average Bonchev–Trinajstić information content (AvgIpc) is 2.45. The second-order valence-corrected chi connectivity index (χ2v) is 8.25. The first-order chi connectivity index (χ1) is 10.6. The highest BCUT2D eigenvalue weighted by atomic mass is 16.3. The minimum absolute atomic E-state index is 0.0110. The maximum Gasteiger partial charge on any atom is 0.127 e. The van der Waals surface area contributed by atoms with E-state index >= 15 is 0 Å². The monoisotopic (exact) mass is 311 g/mol. The van der Waals surface area contributed by atoms with Gasteiger partial charge in [0.2, 0.25) is 0 Å². The quantitative estimate of drug-likeness (QED) is 0.812. The fourth-order valence-electron chi connectivity index (χ4n) is 2.46. The number of phenolic OH excluding ortho intramolecular Hbond substituents is 1. The van der Waals surface area contributed by atoms with E-state index in [1.807, 2.05) is 30.3 Å². The molecular weight excluding hydrogens is 282 g/mol. The van der Waals surface area contributed by atoms with E-state index in [1.165, 1.54) is 5.56 Å². The third kappa shape index (κ3) is 4.59. The van der Waals surface area contributed by atoms with Crippen molar-refractivity contribution in [2.75, 3.05) is 0 Å². The van der Waals surface area contributed by atoms with Crippen molar-refractivity contribution in [3.8, 4) is 16.9 Å². The van der Waals surface area contributed by atoms with Crippen LogP contribution in [0.25, 0.3) is 11.1 Å². The summed E-state index contributed by atoms with van der Waals surface area (Å²) in [6, 6.07) is 14.3. The summed E-state index contributed by atoms with van der Waals surface area (Å²) in [5.74, 6) is 0.376. The van der Waals surface area contributed by atoms with Crippen LogP contribution < -0.4 is 5.32 Å². The smallest absolute Gasteiger partial charge is 0.127 e. The van der Waals surface area contributed by atoms with Gasteiger partial charge >= 0.3 is 0 Å². The standard InChI is InChI=1S/C21H29NO/c1-20(2,3)17-12-16(14-22-21(4,5)6)19(23)18(13-17)15-10-8-7-9-11-15/h7-13,22-23H,14H2,1-6H3. The van der Waals surface area contributed by atoms with E-state index in [1.54, 1.807) is 0 Å². The Labute approximate surface area is 140 Å². The molecule has 0 aliphatic rings. The van der Waals surface area contributed by atoms with Gasteiger partial charge in [-0.05, 0) is 43.4 Å². The van der Waals surface area contributed by atoms with Crippen molar-refractivity contribution in [3.63, 3.8) is 0 Å². The Balaban J connectivity index is 2.53. The van der Waals surface area contributed by atoms with E-state index in [0.717, 1.165) is 16.7 Å². The van der Waals surface area contributed by atoms with Crippen LogP contribution in [-0.4, -0.2) is 10.6 Å². The van der Waals surface area contributed by atoms with Crippen molar-refractivity contribution in [2.45, 2.75) is 59.0 Å². The van der Waals surface area contributed by atoms with Gasteiger partial charge in [0.05, 0.1) is 0 Å². The van der Waals surface area contributed by atoms with E-state index in [0.29, 0.717) is 12.3 Å². The number of rotatable bonds is 3. The van der Waals surface area contributed by atoms with Gasteiger partial charge < -0.3 is 10.4 Å². The molecule has 2 nitrogen and oxygen atoms in total. The molecular formula is C21H29NO. The lowest BCUT2D eigenvalue weighted by atomic mass is 9.83. The summed E-state index contributed by atoms with van der Waals surface area (Å²) in [4.78, 5) is 0. The summed E-state index contributed by atoms with van der Waals surface area (Å²) < 4.78 is 0. The van der Waals surface area contributed by atoms with Crippen LogP contribution in [0, 0.1) is 0 Å². The minimum Gasteiger partial charge on any atom is -0.507 e. The highest BCUT2D eigenvalue weighted by Gasteiger charge is 2.20. The van der Waals surface area contributed by atoms with Crippen LogP contribution in [0.3, 0.4) is 0 Å². The number of phenols is 1. The van der Waals surface area contributed by atoms with E-state index < -0.39 is 0 Å². The minimum atomic E-state index is 0.0110. The van der Waals surface area contributed by atoms with Crippen LogP contribution in [0.4, 0.5) is 0 Å². The highest BCUT2D eigenvalue weighted by Crippen LogP contribution is 2.37. The summed E-state index contributed by atoms with van der Waals surface area (Å²) >= 11 is 0. The molecule has 2 rings (SSSR count). The molecule has 0 spiro atoms.